The van der Waals surface area contributed by atoms with Crippen molar-refractivity contribution < 1.29 is 27.4 Å². The van der Waals surface area contributed by atoms with Gasteiger partial charge in [0.2, 0.25) is 10.0 Å². The van der Waals surface area contributed by atoms with Gasteiger partial charge < -0.3 is 14.2 Å². The van der Waals surface area contributed by atoms with Gasteiger partial charge in [-0.25, -0.2) is 22.6 Å². The van der Waals surface area contributed by atoms with E-state index in [1.807, 2.05) is 24.3 Å². The van der Waals surface area contributed by atoms with Crippen LogP contribution in [0.5, 0.6) is 11.5 Å². The summed E-state index contributed by atoms with van der Waals surface area (Å²) < 4.78 is 45.9. The van der Waals surface area contributed by atoms with Crippen LogP contribution in [0.15, 0.2) is 65.8 Å². The van der Waals surface area contributed by atoms with Crippen molar-refractivity contribution in [2.45, 2.75) is 11.4 Å². The van der Waals surface area contributed by atoms with Crippen molar-refractivity contribution in [2.75, 3.05) is 21.3 Å². The lowest BCUT2D eigenvalue weighted by molar-refractivity contribution is -0.134. The van der Waals surface area contributed by atoms with Gasteiger partial charge in [-0.1, -0.05) is 18.2 Å². The smallest absolute Gasteiger partial charge is 0.330 e. The van der Waals surface area contributed by atoms with Crippen molar-refractivity contribution in [3.8, 4) is 17.2 Å². The number of methoxy groups -OCH3 is 3. The Morgan fingerprint density at radius 1 is 1.12 bits per heavy atom. The Labute approximate surface area is 186 Å². The van der Waals surface area contributed by atoms with Crippen LogP contribution in [-0.2, 0) is 26.1 Å². The first-order valence-electron chi connectivity index (χ1n) is 9.49. The molecule has 0 fully saturated rings. The van der Waals surface area contributed by atoms with Crippen LogP contribution in [-0.4, -0.2) is 45.5 Å². The highest BCUT2D eigenvalue weighted by atomic mass is 32.2. The highest BCUT2D eigenvalue weighted by Crippen LogP contribution is 2.36. The van der Waals surface area contributed by atoms with E-state index in [1.54, 1.807) is 29.2 Å². The van der Waals surface area contributed by atoms with Crippen LogP contribution in [0.4, 0.5) is 0 Å². The molecule has 0 aliphatic heterocycles. The van der Waals surface area contributed by atoms with Gasteiger partial charge in [-0.2, -0.15) is 5.10 Å². The molecule has 0 saturated carbocycles. The van der Waals surface area contributed by atoms with E-state index in [0.29, 0.717) is 5.56 Å². The van der Waals surface area contributed by atoms with Gasteiger partial charge in [-0.05, 0) is 41.5 Å². The number of ether oxygens (including phenoxy) is 3. The molecule has 0 bridgehead atoms. The Balaban J connectivity index is 1.96. The second-order valence-corrected chi connectivity index (χ2v) is 8.25. The van der Waals surface area contributed by atoms with Crippen molar-refractivity contribution in [3.05, 3.63) is 72.1 Å². The minimum absolute atomic E-state index is 0.0199. The summed E-state index contributed by atoms with van der Waals surface area (Å²) in [7, 11) is -0.0150. The average molecular weight is 458 g/mol. The summed E-state index contributed by atoms with van der Waals surface area (Å²) in [6, 6.07) is 12.1. The molecule has 0 saturated heterocycles. The van der Waals surface area contributed by atoms with Crippen LogP contribution in [0.25, 0.3) is 11.8 Å². The molecular formula is C22H23N3O6S. The predicted molar refractivity (Wildman–Crippen MR) is 118 cm³/mol. The van der Waals surface area contributed by atoms with E-state index < -0.39 is 16.0 Å². The molecule has 3 aromatic rings. The van der Waals surface area contributed by atoms with Crippen molar-refractivity contribution in [1.82, 2.24) is 14.5 Å². The van der Waals surface area contributed by atoms with E-state index in [9.17, 15) is 13.2 Å². The van der Waals surface area contributed by atoms with Gasteiger partial charge in [-0.3, -0.25) is 0 Å². The molecule has 0 atom stereocenters. The SMILES string of the molecule is COC(=O)/C=C/c1cc(OC)c(OC)c(S(=O)(=O)NCc2ccccc2-n2cccn2)c1. The molecule has 0 unspecified atom stereocenters. The number of nitrogens with one attached hydrogen (secondary N) is 1. The summed E-state index contributed by atoms with van der Waals surface area (Å²) in [6.07, 6.45) is 6.04. The molecule has 1 heterocycles. The minimum atomic E-state index is -4.02. The number of para-hydroxylation sites is 1. The molecular weight excluding hydrogens is 434 g/mol. The van der Waals surface area contributed by atoms with Gasteiger partial charge in [-0.15, -0.1) is 0 Å². The number of benzene rings is 2. The summed E-state index contributed by atoms with van der Waals surface area (Å²) in [5.74, 6) is -0.315. The summed E-state index contributed by atoms with van der Waals surface area (Å²) in [6.45, 7) is 0.0199. The number of aromatic nitrogens is 2. The molecule has 0 amide bonds. The predicted octanol–water partition coefficient (Wildman–Crippen LogP) is 2.55. The van der Waals surface area contributed by atoms with Gasteiger partial charge in [0.25, 0.3) is 0 Å². The highest BCUT2D eigenvalue weighted by Gasteiger charge is 2.24. The molecule has 2 aromatic carbocycles. The zero-order chi connectivity index (χ0) is 23.1. The van der Waals surface area contributed by atoms with E-state index in [0.717, 1.165) is 11.3 Å². The van der Waals surface area contributed by atoms with Gasteiger partial charge in [0.05, 0.1) is 27.0 Å². The van der Waals surface area contributed by atoms with E-state index in [1.165, 1.54) is 39.5 Å². The monoisotopic (exact) mass is 457 g/mol. The standard InChI is InChI=1S/C22H23N3O6S/c1-29-19-13-16(9-10-21(26)30-2)14-20(22(19)31-3)32(27,28)24-15-17-7-4-5-8-18(17)25-12-6-11-23-25/h4-14,24H,15H2,1-3H3/b10-9+. The summed E-state index contributed by atoms with van der Waals surface area (Å²) >= 11 is 0. The molecule has 0 aliphatic carbocycles. The molecule has 0 spiro atoms. The largest absolute Gasteiger partial charge is 0.493 e. The van der Waals surface area contributed by atoms with Crippen LogP contribution in [0.2, 0.25) is 0 Å². The number of sulfonamides is 1. The topological polar surface area (TPSA) is 109 Å². The van der Waals surface area contributed by atoms with Gasteiger partial charge >= 0.3 is 5.97 Å². The van der Waals surface area contributed by atoms with Gasteiger partial charge in [0.1, 0.15) is 4.90 Å². The normalized spacial score (nSPS) is 11.5. The zero-order valence-corrected chi connectivity index (χ0v) is 18.6. The maximum absolute atomic E-state index is 13.2. The number of hydrogen-bond donors (Lipinski definition) is 1. The number of esters is 1. The van der Waals surface area contributed by atoms with E-state index in [2.05, 4.69) is 14.6 Å². The quantitative estimate of drug-likeness (QED) is 0.389. The second-order valence-electron chi connectivity index (χ2n) is 6.51. The van der Waals surface area contributed by atoms with Crippen molar-refractivity contribution in [1.29, 1.82) is 0 Å². The molecule has 1 aromatic heterocycles. The first kappa shape index (κ1) is 23.0. The second kappa shape index (κ2) is 10.1. The summed E-state index contributed by atoms with van der Waals surface area (Å²) in [4.78, 5) is 11.3. The molecule has 32 heavy (non-hydrogen) atoms. The number of carbonyl (C=O) groups is 1. The molecule has 9 nitrogen and oxygen atoms in total. The Hall–Kier alpha value is -3.63. The molecule has 0 radical (unpaired) electrons. The van der Waals surface area contributed by atoms with Crippen LogP contribution in [0, 0.1) is 0 Å². The fourth-order valence-corrected chi connectivity index (χ4v) is 4.24. The number of carbonyl (C=O) groups excluding carboxylic acids is 1. The first-order chi connectivity index (χ1) is 15.4. The summed E-state index contributed by atoms with van der Waals surface area (Å²) in [5, 5.41) is 4.21. The number of nitrogens with zero attached hydrogens (tertiary/aromatic N) is 2. The maximum Gasteiger partial charge on any atom is 0.330 e. The lowest BCUT2D eigenvalue weighted by Gasteiger charge is -2.16. The van der Waals surface area contributed by atoms with Crippen LogP contribution < -0.4 is 14.2 Å². The third-order valence-corrected chi connectivity index (χ3v) is 5.97. The molecule has 1 N–H and O–H groups in total. The fraction of sp³-hybridized carbons (Fsp3) is 0.182. The lowest BCUT2D eigenvalue weighted by atomic mass is 10.2. The van der Waals surface area contributed by atoms with E-state index in [4.69, 9.17) is 9.47 Å². The third kappa shape index (κ3) is 5.16. The third-order valence-electron chi connectivity index (χ3n) is 4.57. The van der Waals surface area contributed by atoms with Crippen LogP contribution >= 0.6 is 0 Å². The Morgan fingerprint density at radius 3 is 2.56 bits per heavy atom. The Bertz CT molecular complexity index is 1220. The molecule has 3 rings (SSSR count). The van der Waals surface area contributed by atoms with Crippen LogP contribution in [0.1, 0.15) is 11.1 Å². The zero-order valence-electron chi connectivity index (χ0n) is 17.8. The highest BCUT2D eigenvalue weighted by molar-refractivity contribution is 7.89. The van der Waals surface area contributed by atoms with Gasteiger partial charge in [0.15, 0.2) is 11.5 Å². The van der Waals surface area contributed by atoms with Crippen molar-refractivity contribution in [2.24, 2.45) is 0 Å². The summed E-state index contributed by atoms with van der Waals surface area (Å²) in [5.41, 5.74) is 1.90. The Morgan fingerprint density at radius 2 is 1.91 bits per heavy atom. The van der Waals surface area contributed by atoms with Crippen LogP contribution in [0.3, 0.4) is 0 Å². The Kier molecular flexibility index (Phi) is 7.29. The number of rotatable bonds is 9. The molecule has 0 aliphatic rings. The average Bonchev–Trinajstić information content (AvgIpc) is 3.35. The fourth-order valence-electron chi connectivity index (χ4n) is 3.02. The minimum Gasteiger partial charge on any atom is -0.493 e. The van der Waals surface area contributed by atoms with E-state index in [-0.39, 0.29) is 22.9 Å². The first-order valence-corrected chi connectivity index (χ1v) is 11.0. The van der Waals surface area contributed by atoms with Gasteiger partial charge in [0, 0.05) is 25.0 Å². The van der Waals surface area contributed by atoms with Crippen molar-refractivity contribution in [3.63, 3.8) is 0 Å². The van der Waals surface area contributed by atoms with Crippen molar-refractivity contribution >= 4 is 22.1 Å². The molecule has 10 heteroatoms. The number of hydrogen-bond acceptors (Lipinski definition) is 7. The molecule has 168 valence electrons. The van der Waals surface area contributed by atoms with E-state index >= 15 is 0 Å². The lowest BCUT2D eigenvalue weighted by Crippen LogP contribution is -2.24. The maximum atomic E-state index is 13.2.